The van der Waals surface area contributed by atoms with Gasteiger partial charge in [0, 0.05) is 24.9 Å². The van der Waals surface area contributed by atoms with Gasteiger partial charge in [-0.3, -0.25) is 9.69 Å². The molecule has 1 aliphatic heterocycles. The molecule has 1 saturated heterocycles. The lowest BCUT2D eigenvalue weighted by Crippen LogP contribution is -2.43. The summed E-state index contributed by atoms with van der Waals surface area (Å²) in [4.78, 5) is 15.3. The molecule has 0 aliphatic carbocycles. The van der Waals surface area contributed by atoms with Crippen molar-refractivity contribution in [2.45, 2.75) is 84.3 Å². The summed E-state index contributed by atoms with van der Waals surface area (Å²) < 4.78 is 11.8. The van der Waals surface area contributed by atoms with Crippen LogP contribution in [0.15, 0.2) is 24.3 Å². The first-order valence-electron chi connectivity index (χ1n) is 11.4. The molecular formula is C24H40N2O3. The molecule has 0 aromatic heterocycles. The number of hydrogen-bond donors (Lipinski definition) is 1. The molecule has 2 atom stereocenters. The maximum Gasteiger partial charge on any atom is 0.256 e. The number of ether oxygens (including phenoxy) is 2. The van der Waals surface area contributed by atoms with Crippen molar-refractivity contribution >= 4 is 11.6 Å². The molecule has 2 rings (SSSR count). The van der Waals surface area contributed by atoms with Gasteiger partial charge < -0.3 is 14.8 Å². The Morgan fingerprint density at radius 3 is 2.59 bits per heavy atom. The van der Waals surface area contributed by atoms with E-state index in [0.717, 1.165) is 43.7 Å². The third kappa shape index (κ3) is 7.63. The summed E-state index contributed by atoms with van der Waals surface area (Å²) in [5.74, 6) is 0.760. The first-order valence-corrected chi connectivity index (χ1v) is 11.4. The van der Waals surface area contributed by atoms with E-state index in [-0.39, 0.29) is 5.91 Å². The number of nitrogens with one attached hydrogen (secondary N) is 1. The molecule has 1 fully saturated rings. The molecular weight excluding hydrogens is 364 g/mol. The summed E-state index contributed by atoms with van der Waals surface area (Å²) in [5.41, 5.74) is -0.0124. The summed E-state index contributed by atoms with van der Waals surface area (Å²) in [7, 11) is 0. The molecule has 1 amide bonds. The van der Waals surface area contributed by atoms with Crippen molar-refractivity contribution in [3.05, 3.63) is 24.3 Å². The second-order valence-corrected chi connectivity index (χ2v) is 8.39. The number of benzene rings is 1. The second kappa shape index (κ2) is 12.2. The van der Waals surface area contributed by atoms with Crippen LogP contribution in [0.5, 0.6) is 5.75 Å². The Morgan fingerprint density at radius 1 is 1.17 bits per heavy atom. The zero-order chi connectivity index (χ0) is 21.1. The highest BCUT2D eigenvalue weighted by molar-refractivity contribution is 5.97. The van der Waals surface area contributed by atoms with E-state index in [2.05, 4.69) is 31.0 Å². The fraction of sp³-hybridized carbons (Fsp3) is 0.708. The summed E-state index contributed by atoms with van der Waals surface area (Å²) in [6.07, 6.45) is 7.55. The molecule has 0 bridgehead atoms. The minimum atomic E-state index is -0.785. The minimum absolute atomic E-state index is 0.0767. The van der Waals surface area contributed by atoms with Crippen molar-refractivity contribution in [1.82, 2.24) is 4.90 Å². The number of anilines is 1. The van der Waals surface area contributed by atoms with Crippen LogP contribution in [0.2, 0.25) is 0 Å². The van der Waals surface area contributed by atoms with Gasteiger partial charge in [0.05, 0.1) is 0 Å². The molecule has 1 N–H and O–H groups in total. The highest BCUT2D eigenvalue weighted by Gasteiger charge is 2.33. The number of likely N-dealkylation sites (tertiary alicyclic amines) is 1. The number of rotatable bonds is 12. The average Bonchev–Trinajstić information content (AvgIpc) is 2.73. The Hall–Kier alpha value is -1.59. The van der Waals surface area contributed by atoms with Gasteiger partial charge in [-0.25, -0.2) is 0 Å². The number of carbonyl (C=O) groups excluding carboxylic acids is 1. The molecule has 164 valence electrons. The molecule has 1 aliphatic rings. The fourth-order valence-corrected chi connectivity index (χ4v) is 3.76. The van der Waals surface area contributed by atoms with Crippen LogP contribution in [0.25, 0.3) is 0 Å². The van der Waals surface area contributed by atoms with Crippen molar-refractivity contribution in [3.63, 3.8) is 0 Å². The number of unbranched alkanes of at least 4 members (excludes halogenated alkanes) is 1. The molecule has 29 heavy (non-hydrogen) atoms. The van der Waals surface area contributed by atoms with E-state index in [1.165, 1.54) is 25.8 Å². The quantitative estimate of drug-likeness (QED) is 0.517. The Bertz CT molecular complexity index is 595. The number of hydrogen-bond acceptors (Lipinski definition) is 4. The van der Waals surface area contributed by atoms with Gasteiger partial charge in [-0.2, -0.15) is 0 Å². The summed E-state index contributed by atoms with van der Waals surface area (Å²) >= 11 is 0. The van der Waals surface area contributed by atoms with E-state index in [1.54, 1.807) is 0 Å². The second-order valence-electron chi connectivity index (χ2n) is 8.39. The van der Waals surface area contributed by atoms with Crippen LogP contribution < -0.4 is 10.1 Å². The maximum absolute atomic E-state index is 12.8. The van der Waals surface area contributed by atoms with Crippen LogP contribution in [-0.2, 0) is 9.53 Å². The number of carbonyl (C=O) groups is 1. The molecule has 1 aromatic carbocycles. The molecule has 0 spiro atoms. The Balaban J connectivity index is 1.84. The average molecular weight is 405 g/mol. The van der Waals surface area contributed by atoms with Gasteiger partial charge >= 0.3 is 0 Å². The predicted molar refractivity (Wildman–Crippen MR) is 120 cm³/mol. The van der Waals surface area contributed by atoms with Crippen molar-refractivity contribution in [2.75, 3.05) is 31.6 Å². The number of amides is 1. The molecule has 0 saturated carbocycles. The van der Waals surface area contributed by atoms with Crippen LogP contribution in [0.4, 0.5) is 5.69 Å². The Kier molecular flexibility index (Phi) is 9.95. The van der Waals surface area contributed by atoms with E-state index >= 15 is 0 Å². The number of piperidine rings is 1. The fourth-order valence-electron chi connectivity index (χ4n) is 3.76. The smallest absolute Gasteiger partial charge is 0.256 e. The van der Waals surface area contributed by atoms with Gasteiger partial charge in [0.2, 0.25) is 0 Å². The van der Waals surface area contributed by atoms with Gasteiger partial charge in [-0.05, 0) is 70.3 Å². The van der Waals surface area contributed by atoms with E-state index in [4.69, 9.17) is 9.47 Å². The summed E-state index contributed by atoms with van der Waals surface area (Å²) in [6, 6.07) is 8.30. The largest absolute Gasteiger partial charge is 0.492 e. The summed E-state index contributed by atoms with van der Waals surface area (Å²) in [5, 5.41) is 3.01. The van der Waals surface area contributed by atoms with Gasteiger partial charge in [-0.1, -0.05) is 33.1 Å². The normalized spacial score (nSPS) is 19.5. The van der Waals surface area contributed by atoms with Crippen LogP contribution >= 0.6 is 0 Å². The molecule has 1 heterocycles. The van der Waals surface area contributed by atoms with E-state index in [0.29, 0.717) is 19.3 Å². The minimum Gasteiger partial charge on any atom is -0.492 e. The van der Waals surface area contributed by atoms with Crippen molar-refractivity contribution in [3.8, 4) is 5.75 Å². The summed E-state index contributed by atoms with van der Waals surface area (Å²) in [6.45, 7) is 11.8. The molecule has 5 heteroatoms. The standard InChI is InChI=1S/C24H40N2O3/c1-5-7-15-24(4,29-18-6-2)23(27)25-21-11-13-22(14-12-21)28-19-17-26-16-9-8-10-20(26)3/h11-14,20H,5-10,15-19H2,1-4H3,(H,25,27)/t20-,24+/m0/s1. The maximum atomic E-state index is 12.8. The topological polar surface area (TPSA) is 50.8 Å². The zero-order valence-electron chi connectivity index (χ0n) is 18.8. The zero-order valence-corrected chi connectivity index (χ0v) is 18.8. The van der Waals surface area contributed by atoms with Crippen LogP contribution in [0.1, 0.15) is 72.6 Å². The van der Waals surface area contributed by atoms with E-state index < -0.39 is 5.60 Å². The highest BCUT2D eigenvalue weighted by Crippen LogP contribution is 2.23. The molecule has 5 nitrogen and oxygen atoms in total. The van der Waals surface area contributed by atoms with Gasteiger partial charge in [0.25, 0.3) is 5.91 Å². The Labute approximate surface area is 177 Å². The van der Waals surface area contributed by atoms with Crippen LogP contribution in [0.3, 0.4) is 0 Å². The van der Waals surface area contributed by atoms with Crippen LogP contribution in [0, 0.1) is 0 Å². The third-order valence-corrected chi connectivity index (χ3v) is 5.81. The SMILES string of the molecule is CCCC[C@@](C)(OCCC)C(=O)Nc1ccc(OCCN2CCCC[C@@H]2C)cc1. The Morgan fingerprint density at radius 2 is 1.93 bits per heavy atom. The van der Waals surface area contributed by atoms with Gasteiger partial charge in [-0.15, -0.1) is 0 Å². The lowest BCUT2D eigenvalue weighted by molar-refractivity contribution is -0.140. The monoisotopic (exact) mass is 404 g/mol. The van der Waals surface area contributed by atoms with Crippen molar-refractivity contribution in [1.29, 1.82) is 0 Å². The van der Waals surface area contributed by atoms with Crippen molar-refractivity contribution < 1.29 is 14.3 Å². The van der Waals surface area contributed by atoms with E-state index in [1.807, 2.05) is 31.2 Å². The highest BCUT2D eigenvalue weighted by atomic mass is 16.5. The first kappa shape index (κ1) is 23.7. The third-order valence-electron chi connectivity index (χ3n) is 5.81. The molecule has 0 unspecified atom stereocenters. The van der Waals surface area contributed by atoms with Crippen LogP contribution in [-0.4, -0.2) is 48.8 Å². The predicted octanol–water partition coefficient (Wildman–Crippen LogP) is 5.25. The van der Waals surface area contributed by atoms with Gasteiger partial charge in [0.1, 0.15) is 18.0 Å². The lowest BCUT2D eigenvalue weighted by atomic mass is 9.97. The van der Waals surface area contributed by atoms with Crippen molar-refractivity contribution in [2.24, 2.45) is 0 Å². The number of nitrogens with zero attached hydrogens (tertiary/aromatic N) is 1. The van der Waals surface area contributed by atoms with Gasteiger partial charge in [0.15, 0.2) is 0 Å². The molecule has 0 radical (unpaired) electrons. The van der Waals surface area contributed by atoms with E-state index in [9.17, 15) is 4.79 Å². The lowest BCUT2D eigenvalue weighted by Gasteiger charge is -2.33. The first-order chi connectivity index (χ1) is 14.0. The molecule has 1 aromatic rings.